The van der Waals surface area contributed by atoms with Crippen LogP contribution in [-0.4, -0.2) is 50.1 Å². The summed E-state index contributed by atoms with van der Waals surface area (Å²) in [5, 5.41) is 19.6. The minimum Gasteiger partial charge on any atom is -0.493 e. The summed E-state index contributed by atoms with van der Waals surface area (Å²) in [6.45, 7) is 6.19. The largest absolute Gasteiger partial charge is 0.493 e. The lowest BCUT2D eigenvalue weighted by Gasteiger charge is -2.25. The zero-order valence-corrected chi connectivity index (χ0v) is 22.3. The molecule has 0 fully saturated rings. The Hall–Kier alpha value is -3.74. The molecule has 38 heavy (non-hydrogen) atoms. The van der Waals surface area contributed by atoms with E-state index >= 15 is 0 Å². The number of oxazole rings is 1. The molecule has 1 aromatic carbocycles. The topological polar surface area (TPSA) is 146 Å². The summed E-state index contributed by atoms with van der Waals surface area (Å²) < 4.78 is 19.3. The van der Waals surface area contributed by atoms with Gasteiger partial charge in [-0.05, 0) is 39.3 Å². The zero-order chi connectivity index (χ0) is 27.6. The Labute approximate surface area is 221 Å². The summed E-state index contributed by atoms with van der Waals surface area (Å²) in [6, 6.07) is 7.18. The molecule has 4 rings (SSSR count). The van der Waals surface area contributed by atoms with Gasteiger partial charge in [0.1, 0.15) is 28.5 Å². The first-order valence-corrected chi connectivity index (χ1v) is 12.8. The van der Waals surface area contributed by atoms with Crippen molar-refractivity contribution >= 4 is 27.5 Å². The third-order valence-corrected chi connectivity index (χ3v) is 7.55. The molecule has 0 unspecified atom stereocenters. The first-order valence-electron chi connectivity index (χ1n) is 12.0. The number of benzene rings is 1. The van der Waals surface area contributed by atoms with Gasteiger partial charge in [0, 0.05) is 5.56 Å². The average molecular weight is 544 g/mol. The van der Waals surface area contributed by atoms with Gasteiger partial charge in [0.2, 0.25) is 5.89 Å². The van der Waals surface area contributed by atoms with Gasteiger partial charge >= 0.3 is 11.7 Å². The molecule has 0 radical (unpaired) electrons. The monoisotopic (exact) mass is 543 g/mol. The van der Waals surface area contributed by atoms with Crippen LogP contribution in [0.2, 0.25) is 0 Å². The molecule has 0 aliphatic carbocycles. The number of thiophene rings is 1. The fraction of sp³-hybridized carbons (Fsp3) is 0.385. The Bertz CT molecular complexity index is 1570. The van der Waals surface area contributed by atoms with E-state index < -0.39 is 28.9 Å². The normalized spacial score (nSPS) is 12.7. The van der Waals surface area contributed by atoms with Crippen molar-refractivity contribution in [1.29, 1.82) is 0 Å². The molecular formula is C26H29N3O8S. The van der Waals surface area contributed by atoms with Crippen molar-refractivity contribution in [2.45, 2.75) is 45.9 Å². The summed E-state index contributed by atoms with van der Waals surface area (Å²) in [6.07, 6.45) is 2.11. The van der Waals surface area contributed by atoms with Gasteiger partial charge in [0.15, 0.2) is 0 Å². The number of rotatable bonds is 11. The molecule has 0 spiro atoms. The van der Waals surface area contributed by atoms with Crippen LogP contribution in [0.25, 0.3) is 21.0 Å². The molecule has 12 heteroatoms. The lowest BCUT2D eigenvalue weighted by molar-refractivity contribution is -0.146. The highest BCUT2D eigenvalue weighted by Gasteiger charge is 2.36. The number of carbonyl (C=O) groups is 1. The third-order valence-electron chi connectivity index (χ3n) is 6.25. The Balaban J connectivity index is 2.02. The first-order chi connectivity index (χ1) is 18.1. The predicted molar refractivity (Wildman–Crippen MR) is 141 cm³/mol. The van der Waals surface area contributed by atoms with E-state index in [4.69, 9.17) is 13.9 Å². The van der Waals surface area contributed by atoms with Crippen LogP contribution < -0.4 is 16.0 Å². The number of hydrogen-bond acceptors (Lipinski definition) is 9. The second-order valence-corrected chi connectivity index (χ2v) is 10.0. The minimum absolute atomic E-state index is 0.0195. The van der Waals surface area contributed by atoms with Crippen LogP contribution in [0.15, 0.2) is 50.7 Å². The van der Waals surface area contributed by atoms with Crippen molar-refractivity contribution in [2.75, 3.05) is 19.8 Å². The molecule has 0 amide bonds. The summed E-state index contributed by atoms with van der Waals surface area (Å²) in [4.78, 5) is 44.8. The maximum absolute atomic E-state index is 13.9. The molecule has 3 heterocycles. The number of aryl methyl sites for hydroxylation is 1. The lowest BCUT2D eigenvalue weighted by atomic mass is 10.1. The van der Waals surface area contributed by atoms with Crippen molar-refractivity contribution in [3.63, 3.8) is 0 Å². The second kappa shape index (κ2) is 10.9. The number of fused-ring (bicyclic) bond motifs is 1. The molecule has 3 aromatic heterocycles. The van der Waals surface area contributed by atoms with Crippen LogP contribution in [0.3, 0.4) is 0 Å². The number of aliphatic hydroxyl groups is 1. The number of hydrogen-bond donors (Lipinski definition) is 2. The Morgan fingerprint density at radius 1 is 1.26 bits per heavy atom. The van der Waals surface area contributed by atoms with Crippen LogP contribution in [0.4, 0.5) is 0 Å². The average Bonchev–Trinajstić information content (AvgIpc) is 3.52. The Kier molecular flexibility index (Phi) is 7.86. The van der Waals surface area contributed by atoms with E-state index in [0.29, 0.717) is 33.2 Å². The molecule has 0 saturated carbocycles. The molecule has 0 aliphatic rings. The quantitative estimate of drug-likeness (QED) is 0.291. The molecule has 11 nitrogen and oxygen atoms in total. The van der Waals surface area contributed by atoms with E-state index in [9.17, 15) is 24.6 Å². The number of aliphatic carboxylic acids is 1. The van der Waals surface area contributed by atoms with Crippen LogP contribution in [0.5, 0.6) is 5.75 Å². The minimum atomic E-state index is -1.84. The van der Waals surface area contributed by atoms with E-state index in [1.54, 1.807) is 25.1 Å². The predicted octanol–water partition coefficient (Wildman–Crippen LogP) is 3.16. The zero-order valence-electron chi connectivity index (χ0n) is 21.5. The molecule has 0 aliphatic heterocycles. The van der Waals surface area contributed by atoms with Crippen LogP contribution in [-0.2, 0) is 21.6 Å². The number of aromatic nitrogens is 3. The van der Waals surface area contributed by atoms with E-state index in [2.05, 4.69) is 4.98 Å². The molecular weight excluding hydrogens is 514 g/mol. The highest BCUT2D eigenvalue weighted by atomic mass is 32.1. The molecule has 1 atom stereocenters. The molecule has 2 N–H and O–H groups in total. The molecule has 0 bridgehead atoms. The maximum Gasteiger partial charge on any atom is 0.333 e. The number of aliphatic hydroxyl groups excluding tert-OH is 1. The van der Waals surface area contributed by atoms with Gasteiger partial charge < -0.3 is 24.1 Å². The lowest BCUT2D eigenvalue weighted by Crippen LogP contribution is -2.52. The van der Waals surface area contributed by atoms with Crippen LogP contribution in [0.1, 0.15) is 38.0 Å². The van der Waals surface area contributed by atoms with Gasteiger partial charge in [-0.25, -0.2) is 19.1 Å². The van der Waals surface area contributed by atoms with Gasteiger partial charge in [0.05, 0.1) is 42.8 Å². The van der Waals surface area contributed by atoms with Gasteiger partial charge in [-0.1, -0.05) is 18.2 Å². The maximum atomic E-state index is 13.9. The number of para-hydroxylation sites is 1. The van der Waals surface area contributed by atoms with Crippen molar-refractivity contribution in [3.05, 3.63) is 68.7 Å². The van der Waals surface area contributed by atoms with E-state index in [1.165, 1.54) is 30.9 Å². The van der Waals surface area contributed by atoms with Crippen LogP contribution in [0, 0.1) is 6.92 Å². The highest BCUT2D eigenvalue weighted by Crippen LogP contribution is 2.37. The van der Waals surface area contributed by atoms with Crippen molar-refractivity contribution in [1.82, 2.24) is 14.1 Å². The summed E-state index contributed by atoms with van der Waals surface area (Å²) in [5.41, 5.74) is -2.21. The van der Waals surface area contributed by atoms with E-state index in [0.717, 1.165) is 15.9 Å². The van der Waals surface area contributed by atoms with Gasteiger partial charge in [-0.3, -0.25) is 9.36 Å². The highest BCUT2D eigenvalue weighted by molar-refractivity contribution is 7.22. The SMILES string of the molecule is CCOc1ccccc1[C@@H](Cn1c(=O)n(C(C)(C)C(=O)O)c(=O)c2c(C)c(-c3ncco3)sc21)OCCO. The van der Waals surface area contributed by atoms with Gasteiger partial charge in [-0.2, -0.15) is 0 Å². The van der Waals surface area contributed by atoms with Crippen molar-refractivity contribution < 1.29 is 28.9 Å². The van der Waals surface area contributed by atoms with E-state index in [1.807, 2.05) is 13.0 Å². The summed E-state index contributed by atoms with van der Waals surface area (Å²) in [5.74, 6) is -0.511. The second-order valence-electron chi connectivity index (χ2n) is 9.03. The van der Waals surface area contributed by atoms with Crippen molar-refractivity contribution in [3.8, 4) is 16.5 Å². The third kappa shape index (κ3) is 4.77. The summed E-state index contributed by atoms with van der Waals surface area (Å²) in [7, 11) is 0. The summed E-state index contributed by atoms with van der Waals surface area (Å²) >= 11 is 1.15. The number of carboxylic acid groups (broad SMARTS) is 1. The van der Waals surface area contributed by atoms with Gasteiger partial charge in [0.25, 0.3) is 5.56 Å². The fourth-order valence-electron chi connectivity index (χ4n) is 4.27. The molecule has 4 aromatic rings. The number of carboxylic acids is 1. The van der Waals surface area contributed by atoms with Crippen LogP contribution >= 0.6 is 11.3 Å². The van der Waals surface area contributed by atoms with Crippen molar-refractivity contribution in [2.24, 2.45) is 0 Å². The van der Waals surface area contributed by atoms with E-state index in [-0.39, 0.29) is 31.0 Å². The number of nitrogens with zero attached hydrogens (tertiary/aromatic N) is 3. The first kappa shape index (κ1) is 27.3. The Morgan fingerprint density at radius 2 is 2.00 bits per heavy atom. The Morgan fingerprint density at radius 3 is 2.63 bits per heavy atom. The standard InChI is InChI=1S/C26H29N3O8S/c1-5-35-17-9-7-6-8-16(17)18(36-13-11-30)14-28-23-19(15(2)20(38-23)21-27-10-12-37-21)22(31)29(25(28)34)26(3,4)24(32)33/h6-10,12,18,30H,5,11,13-14H2,1-4H3,(H,32,33)/t18-/m1/s1. The molecule has 202 valence electrons. The smallest absolute Gasteiger partial charge is 0.333 e. The number of ether oxygens (including phenoxy) is 2. The molecule has 0 saturated heterocycles. The fourth-order valence-corrected chi connectivity index (χ4v) is 5.51. The van der Waals surface area contributed by atoms with Gasteiger partial charge in [-0.15, -0.1) is 11.3 Å².